The molecule has 0 aromatic heterocycles. The predicted molar refractivity (Wildman–Crippen MR) is 168 cm³/mol. The molecule has 3 aromatic rings. The molecule has 7 rings (SSSR count). The number of aryl methyl sites for hydroxylation is 1. The van der Waals surface area contributed by atoms with E-state index in [-0.39, 0.29) is 47.3 Å². The molecule has 6 atom stereocenters. The van der Waals surface area contributed by atoms with E-state index < -0.39 is 0 Å². The molecule has 2 aliphatic carbocycles. The smallest absolute Gasteiger partial charge is 0.303 e. The molecule has 1 saturated heterocycles. The maximum Gasteiger partial charge on any atom is 0.303 e. The molecule has 44 heavy (non-hydrogen) atoms. The normalized spacial score (nSPS) is 27.3. The number of likely N-dealkylation sites (N-methyl/N-ethyl adjacent to an activating group) is 1. The lowest BCUT2D eigenvalue weighted by Crippen LogP contribution is -2.69. The van der Waals surface area contributed by atoms with Crippen molar-refractivity contribution in [2.75, 3.05) is 20.1 Å². The zero-order valence-corrected chi connectivity index (χ0v) is 25.6. The summed E-state index contributed by atoms with van der Waals surface area (Å²) in [6.07, 6.45) is 6.41. The largest absolute Gasteiger partial charge is 0.504 e. The van der Waals surface area contributed by atoms with Gasteiger partial charge in [-0.25, -0.2) is 0 Å². The number of carbonyl (C=O) groups excluding carboxylic acids is 2. The van der Waals surface area contributed by atoms with Crippen molar-refractivity contribution in [2.24, 2.45) is 5.92 Å². The summed E-state index contributed by atoms with van der Waals surface area (Å²) < 4.78 is 12.6. The number of hydrogen-bond donors (Lipinski definition) is 1. The minimum atomic E-state index is -0.351. The van der Waals surface area contributed by atoms with Crippen LogP contribution >= 0.6 is 0 Å². The fourth-order valence-electron chi connectivity index (χ4n) is 8.74. The van der Waals surface area contributed by atoms with Gasteiger partial charge in [0.05, 0.1) is 6.04 Å². The van der Waals surface area contributed by atoms with Gasteiger partial charge in [0.1, 0.15) is 12.2 Å². The highest BCUT2D eigenvalue weighted by Gasteiger charge is 2.66. The highest BCUT2D eigenvalue weighted by molar-refractivity contribution is 5.92. The number of esters is 1. The van der Waals surface area contributed by atoms with E-state index in [4.69, 9.17) is 9.47 Å². The molecule has 1 unspecified atom stereocenters. The molecule has 228 valence electrons. The fraction of sp³-hybridized carbons (Fsp3) is 0.405. The molecule has 1 amide bonds. The Morgan fingerprint density at radius 2 is 1.95 bits per heavy atom. The standard InChI is InChI=1S/C37H40N2O5/c1-23-8-7-9-25(20-23)12-17-33(42)38(3)29-15-14-28-30-21-27-13-16-31(41)35-34(27)37(28,36(29)44-35)18-19-39(30)22-32(43-24(2)40)26-10-5-4-6-11-26/h4-13,16-17,20,28-30,32,36,41H,14-15,18-19,21-22H2,1-3H3/t28-,29-,30+,32?,36-,37-/m0/s1. The Kier molecular flexibility index (Phi) is 7.24. The zero-order chi connectivity index (χ0) is 30.6. The van der Waals surface area contributed by atoms with Gasteiger partial charge in [-0.1, -0.05) is 66.2 Å². The van der Waals surface area contributed by atoms with Crippen LogP contribution in [-0.2, 0) is 26.2 Å². The Hall–Kier alpha value is -4.10. The van der Waals surface area contributed by atoms with Gasteiger partial charge in [-0.05, 0) is 73.9 Å². The van der Waals surface area contributed by atoms with Gasteiger partial charge in [-0.2, -0.15) is 0 Å². The third-order valence-electron chi connectivity index (χ3n) is 10.6. The lowest BCUT2D eigenvalue weighted by molar-refractivity contribution is -0.150. The fourth-order valence-corrected chi connectivity index (χ4v) is 8.74. The zero-order valence-electron chi connectivity index (χ0n) is 25.6. The second-order valence-corrected chi connectivity index (χ2v) is 13.0. The number of likely N-dealkylation sites (tertiary alicyclic amines) is 1. The van der Waals surface area contributed by atoms with Crippen LogP contribution in [0.1, 0.15) is 60.1 Å². The van der Waals surface area contributed by atoms with E-state index in [2.05, 4.69) is 17.0 Å². The monoisotopic (exact) mass is 592 g/mol. The molecule has 3 aromatic carbocycles. The van der Waals surface area contributed by atoms with Crippen LogP contribution in [0, 0.1) is 12.8 Å². The minimum Gasteiger partial charge on any atom is -0.504 e. The Morgan fingerprint density at radius 3 is 2.73 bits per heavy atom. The van der Waals surface area contributed by atoms with Gasteiger partial charge in [0.25, 0.3) is 0 Å². The summed E-state index contributed by atoms with van der Waals surface area (Å²) in [4.78, 5) is 30.0. The first-order chi connectivity index (χ1) is 21.3. The van der Waals surface area contributed by atoms with Gasteiger partial charge in [-0.3, -0.25) is 14.5 Å². The maximum absolute atomic E-state index is 13.5. The summed E-state index contributed by atoms with van der Waals surface area (Å²) >= 11 is 0. The van der Waals surface area contributed by atoms with Crippen molar-refractivity contribution in [3.63, 3.8) is 0 Å². The van der Waals surface area contributed by atoms with Crippen molar-refractivity contribution in [3.8, 4) is 11.5 Å². The van der Waals surface area contributed by atoms with Gasteiger partial charge in [-0.15, -0.1) is 0 Å². The van der Waals surface area contributed by atoms with Gasteiger partial charge in [0, 0.05) is 43.6 Å². The van der Waals surface area contributed by atoms with Crippen molar-refractivity contribution >= 4 is 18.0 Å². The number of aromatic hydroxyl groups is 1. The number of hydrogen-bond acceptors (Lipinski definition) is 6. The predicted octanol–water partition coefficient (Wildman–Crippen LogP) is 5.58. The topological polar surface area (TPSA) is 79.3 Å². The number of carbonyl (C=O) groups is 2. The molecule has 0 radical (unpaired) electrons. The van der Waals surface area contributed by atoms with Crippen LogP contribution in [0.15, 0.2) is 72.8 Å². The van der Waals surface area contributed by atoms with Crippen LogP contribution in [0.25, 0.3) is 6.08 Å². The van der Waals surface area contributed by atoms with Crippen molar-refractivity contribution in [1.29, 1.82) is 0 Å². The van der Waals surface area contributed by atoms with E-state index in [0.29, 0.717) is 18.2 Å². The van der Waals surface area contributed by atoms with Crippen LogP contribution in [0.5, 0.6) is 11.5 Å². The molecule has 2 fully saturated rings. The molecule has 2 aliphatic heterocycles. The summed E-state index contributed by atoms with van der Waals surface area (Å²) in [5.74, 6) is 0.753. The van der Waals surface area contributed by atoms with E-state index in [1.807, 2.05) is 73.5 Å². The van der Waals surface area contributed by atoms with Crippen molar-refractivity contribution in [3.05, 3.63) is 101 Å². The highest BCUT2D eigenvalue weighted by Crippen LogP contribution is 2.64. The van der Waals surface area contributed by atoms with Crippen LogP contribution in [0.2, 0.25) is 0 Å². The van der Waals surface area contributed by atoms with Crippen molar-refractivity contribution < 1.29 is 24.2 Å². The molecule has 2 bridgehead atoms. The minimum absolute atomic E-state index is 0.0489. The summed E-state index contributed by atoms with van der Waals surface area (Å²) in [5.41, 5.74) is 5.23. The Labute approximate surface area is 259 Å². The molecule has 4 aliphatic rings. The number of benzene rings is 3. The van der Waals surface area contributed by atoms with Gasteiger partial charge in [0.2, 0.25) is 5.91 Å². The van der Waals surface area contributed by atoms with Crippen LogP contribution in [-0.4, -0.2) is 65.1 Å². The number of amides is 1. The quantitative estimate of drug-likeness (QED) is 0.285. The first-order valence-electron chi connectivity index (χ1n) is 15.8. The lowest BCUT2D eigenvalue weighted by Gasteiger charge is -2.60. The molecular formula is C37H40N2O5. The van der Waals surface area contributed by atoms with E-state index in [0.717, 1.165) is 54.5 Å². The van der Waals surface area contributed by atoms with E-state index >= 15 is 0 Å². The summed E-state index contributed by atoms with van der Waals surface area (Å²) in [6, 6.07) is 22.0. The highest BCUT2D eigenvalue weighted by atomic mass is 16.5. The number of ether oxygens (including phenoxy) is 2. The van der Waals surface area contributed by atoms with Crippen LogP contribution in [0.4, 0.5) is 0 Å². The molecule has 2 heterocycles. The Morgan fingerprint density at radius 1 is 1.14 bits per heavy atom. The number of phenolic OH excluding ortho intramolecular Hbond substituents is 1. The Bertz CT molecular complexity index is 1620. The molecule has 1 spiro atoms. The number of piperidine rings is 1. The first-order valence-corrected chi connectivity index (χ1v) is 15.8. The van der Waals surface area contributed by atoms with Crippen LogP contribution < -0.4 is 4.74 Å². The summed E-state index contributed by atoms with van der Waals surface area (Å²) in [5, 5.41) is 11.0. The molecule has 1 N–H and O–H groups in total. The number of nitrogens with zero attached hydrogens (tertiary/aromatic N) is 2. The van der Waals surface area contributed by atoms with Gasteiger partial charge in [0.15, 0.2) is 11.5 Å². The van der Waals surface area contributed by atoms with E-state index in [9.17, 15) is 14.7 Å². The second kappa shape index (κ2) is 11.1. The Balaban J connectivity index is 1.20. The SMILES string of the molecule is CC(=O)OC(CN1CC[C@]23c4c5ccc(O)c4O[C@H]2[C@@H](N(C)C(=O)C=Cc2cccc(C)c2)CC[C@H]3[C@H]1C5)c1ccccc1. The number of rotatable bonds is 7. The first kappa shape index (κ1) is 28.7. The van der Waals surface area contributed by atoms with E-state index in [1.165, 1.54) is 12.5 Å². The summed E-state index contributed by atoms with van der Waals surface area (Å²) in [6.45, 7) is 4.96. The van der Waals surface area contributed by atoms with Gasteiger partial charge >= 0.3 is 5.97 Å². The maximum atomic E-state index is 13.5. The summed E-state index contributed by atoms with van der Waals surface area (Å²) in [7, 11) is 1.89. The number of phenols is 1. The van der Waals surface area contributed by atoms with Gasteiger partial charge < -0.3 is 19.5 Å². The average Bonchev–Trinajstić information content (AvgIpc) is 3.37. The van der Waals surface area contributed by atoms with Crippen molar-refractivity contribution in [1.82, 2.24) is 9.80 Å². The lowest BCUT2D eigenvalue weighted by atomic mass is 9.51. The second-order valence-electron chi connectivity index (χ2n) is 13.0. The molecule has 7 nitrogen and oxygen atoms in total. The third-order valence-corrected chi connectivity index (χ3v) is 10.6. The molecule has 1 saturated carbocycles. The van der Waals surface area contributed by atoms with Crippen LogP contribution in [0.3, 0.4) is 0 Å². The average molecular weight is 593 g/mol. The molecule has 7 heteroatoms. The molecular weight excluding hydrogens is 552 g/mol. The third kappa shape index (κ3) is 4.69. The van der Waals surface area contributed by atoms with Crippen molar-refractivity contribution in [2.45, 2.75) is 69.2 Å². The van der Waals surface area contributed by atoms with E-state index in [1.54, 1.807) is 12.1 Å².